The normalized spacial score (nSPS) is 13.3. The van der Waals surface area contributed by atoms with Crippen molar-refractivity contribution in [3.05, 3.63) is 190 Å². The molecule has 0 amide bonds. The molecule has 0 aromatic heterocycles. The minimum absolute atomic E-state index is 0.0534. The van der Waals surface area contributed by atoms with Crippen LogP contribution in [0.5, 0.6) is 0 Å². The molecular weight excluding hydrogens is 1040 g/mol. The third-order valence-corrected chi connectivity index (χ3v) is 20.3. The van der Waals surface area contributed by atoms with Gasteiger partial charge in [0, 0.05) is 10.8 Å². The van der Waals surface area contributed by atoms with E-state index in [1.807, 2.05) is 12.1 Å². The van der Waals surface area contributed by atoms with Gasteiger partial charge in [0.15, 0.2) is 0 Å². The molecule has 8 aromatic rings. The van der Waals surface area contributed by atoms with Gasteiger partial charge < -0.3 is 0 Å². The number of nitriles is 2. The van der Waals surface area contributed by atoms with E-state index in [1.165, 1.54) is 261 Å². The predicted octanol–water partition coefficient (Wildman–Crippen LogP) is 25.4. The lowest BCUT2D eigenvalue weighted by atomic mass is 9.69. The third-order valence-electron chi connectivity index (χ3n) is 20.3. The van der Waals surface area contributed by atoms with Crippen molar-refractivity contribution in [2.45, 2.75) is 232 Å². The van der Waals surface area contributed by atoms with Gasteiger partial charge in [-0.15, -0.1) is 0 Å². The zero-order chi connectivity index (χ0) is 59.9. The minimum Gasteiger partial charge on any atom is -0.192 e. The van der Waals surface area contributed by atoms with Gasteiger partial charge in [0.25, 0.3) is 0 Å². The monoisotopic (exact) mass is 1130 g/mol. The van der Waals surface area contributed by atoms with Crippen molar-refractivity contribution in [3.63, 3.8) is 0 Å². The van der Waals surface area contributed by atoms with Crippen molar-refractivity contribution < 1.29 is 0 Å². The summed E-state index contributed by atoms with van der Waals surface area (Å²) >= 11 is 0. The number of hydrogen-bond acceptors (Lipinski definition) is 2. The maximum atomic E-state index is 10.4. The van der Waals surface area contributed by atoms with Crippen LogP contribution >= 0.6 is 0 Å². The molecule has 10 rings (SSSR count). The van der Waals surface area contributed by atoms with Crippen LogP contribution in [0.25, 0.3) is 77.5 Å². The summed E-state index contributed by atoms with van der Waals surface area (Å²) < 4.78 is 0. The summed E-state index contributed by atoms with van der Waals surface area (Å²) in [5, 5.41) is 23.4. The van der Waals surface area contributed by atoms with Crippen LogP contribution in [0, 0.1) is 36.5 Å². The fourth-order valence-electron chi connectivity index (χ4n) is 15.6. The maximum absolute atomic E-state index is 10.4. The van der Waals surface area contributed by atoms with E-state index in [0.717, 1.165) is 24.0 Å². The van der Waals surface area contributed by atoms with Crippen LogP contribution in [-0.4, -0.2) is 0 Å². The smallest absolute Gasteiger partial charge is 0.0992 e. The van der Waals surface area contributed by atoms with Gasteiger partial charge >= 0.3 is 0 Å². The number of unbranched alkanes of at least 4 members (excludes halogenated alkanes) is 20. The summed E-state index contributed by atoms with van der Waals surface area (Å²) in [5.41, 5.74) is 24.5. The molecule has 0 bridgehead atoms. The van der Waals surface area contributed by atoms with Crippen LogP contribution in [0.3, 0.4) is 0 Å². The molecule has 0 fully saturated rings. The zero-order valence-electron chi connectivity index (χ0n) is 53.5. The van der Waals surface area contributed by atoms with Crippen molar-refractivity contribution in [2.24, 2.45) is 0 Å². The SMILES string of the molecule is CCCCCCCCC1(CCCCCCCC)c2cc(C)ccc2-c2ccc(-c3cc(-c4cc(C#N)cc(C#N)c4)cc(-c4ccc5c(c4)C(CCCCCCCC)(CCCCCCCC)c4cc(-c6cccc7c(C)cccc67)ccc4-5)c3)cc21. The third kappa shape index (κ3) is 13.6. The Bertz CT molecular complexity index is 3620. The van der Waals surface area contributed by atoms with E-state index in [9.17, 15) is 10.5 Å². The molecule has 444 valence electrons. The number of rotatable bonds is 32. The molecule has 0 heterocycles. The van der Waals surface area contributed by atoms with Gasteiger partial charge in [-0.3, -0.25) is 0 Å². The summed E-state index contributed by atoms with van der Waals surface area (Å²) in [6, 6.07) is 61.1. The lowest BCUT2D eigenvalue weighted by molar-refractivity contribution is 0.398. The highest BCUT2D eigenvalue weighted by Gasteiger charge is 2.44. The lowest BCUT2D eigenvalue weighted by Gasteiger charge is -2.33. The first-order chi connectivity index (χ1) is 42.2. The molecule has 0 spiro atoms. The summed E-state index contributed by atoms with van der Waals surface area (Å²) in [6.07, 6.45) is 35.4. The average Bonchev–Trinajstić information content (AvgIpc) is 1.63. The van der Waals surface area contributed by atoms with Crippen molar-refractivity contribution in [1.29, 1.82) is 10.5 Å². The Kier molecular flexibility index (Phi) is 21.4. The van der Waals surface area contributed by atoms with E-state index in [2.05, 4.69) is 181 Å². The molecule has 0 unspecified atom stereocenters. The van der Waals surface area contributed by atoms with Gasteiger partial charge in [0.2, 0.25) is 0 Å². The molecule has 0 radical (unpaired) electrons. The Morgan fingerprint density at radius 2 is 0.640 bits per heavy atom. The summed E-state index contributed by atoms with van der Waals surface area (Å²) in [7, 11) is 0. The fourth-order valence-corrected chi connectivity index (χ4v) is 15.6. The molecular formula is C84H98N2. The van der Waals surface area contributed by atoms with E-state index < -0.39 is 0 Å². The molecule has 2 nitrogen and oxygen atoms in total. The molecule has 0 atom stereocenters. The molecule has 2 heteroatoms. The van der Waals surface area contributed by atoms with Gasteiger partial charge in [0.05, 0.1) is 23.3 Å². The quantitative estimate of drug-likeness (QED) is 0.0395. The highest BCUT2D eigenvalue weighted by Crippen LogP contribution is 2.58. The molecule has 0 N–H and O–H groups in total. The molecule has 0 saturated heterocycles. The van der Waals surface area contributed by atoms with E-state index >= 15 is 0 Å². The first-order valence-corrected chi connectivity index (χ1v) is 34.3. The largest absolute Gasteiger partial charge is 0.192 e. The van der Waals surface area contributed by atoms with Gasteiger partial charge in [-0.25, -0.2) is 0 Å². The fraction of sp³-hybridized carbons (Fsp3) is 0.429. The van der Waals surface area contributed by atoms with E-state index in [0.29, 0.717) is 11.1 Å². The van der Waals surface area contributed by atoms with E-state index in [1.54, 1.807) is 11.6 Å². The van der Waals surface area contributed by atoms with Crippen LogP contribution < -0.4 is 0 Å². The second kappa shape index (κ2) is 29.6. The predicted molar refractivity (Wildman–Crippen MR) is 369 cm³/mol. The van der Waals surface area contributed by atoms with Gasteiger partial charge in [-0.1, -0.05) is 278 Å². The Morgan fingerprint density at radius 1 is 0.291 bits per heavy atom. The summed E-state index contributed by atoms with van der Waals surface area (Å²) in [5.74, 6) is 0. The number of fused-ring (bicyclic) bond motifs is 7. The van der Waals surface area contributed by atoms with Crippen LogP contribution in [0.15, 0.2) is 146 Å². The summed E-state index contributed by atoms with van der Waals surface area (Å²) in [4.78, 5) is 0. The molecule has 0 aliphatic heterocycles. The molecule has 8 aromatic carbocycles. The molecule has 86 heavy (non-hydrogen) atoms. The van der Waals surface area contributed by atoms with E-state index in [4.69, 9.17) is 0 Å². The van der Waals surface area contributed by atoms with Crippen molar-refractivity contribution in [2.75, 3.05) is 0 Å². The van der Waals surface area contributed by atoms with Gasteiger partial charge in [0.1, 0.15) is 0 Å². The standard InChI is InChI=1S/C84H98N2/c1-7-11-15-19-23-27-45-83(46-28-24-20-16-12-8-2)79-49-61(5)37-41-75(79)76-42-38-65(56-80(76)83)69-53-70(55-71(54-69)68-51-63(59-85)50-64(52-68)60-86)66-39-43-77-78-44-40-67(73-35-32-34-72-62(6)33-31-36-74(72)73)58-82(78)84(81(77)57-66,47-29-25-21-17-13-9-3)48-30-26-22-18-14-10-4/h31-44,49-58H,7-30,45-48H2,1-6H3. The van der Waals surface area contributed by atoms with Crippen molar-refractivity contribution >= 4 is 10.8 Å². The average molecular weight is 1140 g/mol. The Morgan fingerprint density at radius 3 is 1.08 bits per heavy atom. The molecule has 0 saturated carbocycles. The topological polar surface area (TPSA) is 47.6 Å². The number of benzene rings is 8. The molecule has 2 aliphatic carbocycles. The molecule has 2 aliphatic rings. The van der Waals surface area contributed by atoms with E-state index in [-0.39, 0.29) is 10.8 Å². The van der Waals surface area contributed by atoms with Crippen LogP contribution in [0.2, 0.25) is 0 Å². The Labute approximate surface area is 519 Å². The second-order valence-electron chi connectivity index (χ2n) is 26.4. The van der Waals surface area contributed by atoms with Crippen molar-refractivity contribution in [3.8, 4) is 78.9 Å². The second-order valence-corrected chi connectivity index (χ2v) is 26.4. The first kappa shape index (κ1) is 62.1. The van der Waals surface area contributed by atoms with Crippen molar-refractivity contribution in [1.82, 2.24) is 0 Å². The number of aryl methyl sites for hydroxylation is 2. The van der Waals surface area contributed by atoms with Crippen LogP contribution in [0.1, 0.15) is 252 Å². The lowest BCUT2D eigenvalue weighted by Crippen LogP contribution is -2.25. The van der Waals surface area contributed by atoms with Gasteiger partial charge in [-0.2, -0.15) is 10.5 Å². The highest BCUT2D eigenvalue weighted by atomic mass is 14.5. The maximum Gasteiger partial charge on any atom is 0.0992 e. The first-order valence-electron chi connectivity index (χ1n) is 34.3. The number of hydrogen-bond donors (Lipinski definition) is 0. The number of nitrogens with zero attached hydrogens (tertiary/aromatic N) is 2. The summed E-state index contributed by atoms with van der Waals surface area (Å²) in [6.45, 7) is 13.8. The zero-order valence-corrected chi connectivity index (χ0v) is 53.5. The van der Waals surface area contributed by atoms with Crippen LogP contribution in [-0.2, 0) is 10.8 Å². The highest BCUT2D eigenvalue weighted by molar-refractivity contribution is 5.99. The van der Waals surface area contributed by atoms with Crippen LogP contribution in [0.4, 0.5) is 0 Å². The minimum atomic E-state index is -0.140. The Balaban J connectivity index is 1.13. The van der Waals surface area contributed by atoms with Gasteiger partial charge in [-0.05, 0) is 199 Å². The Hall–Kier alpha value is -7.00.